The Morgan fingerprint density at radius 3 is 2.61 bits per heavy atom. The monoisotopic (exact) mass is 272 g/mol. The van der Waals surface area contributed by atoms with E-state index in [9.17, 15) is 9.00 Å². The standard InChI is InChI=1S/C11H16N2O4S/c1-11(2,3)17-10(14)13-7-8-4-5-9(12-6-8)18(15)16/h4-6H,7H2,1-3H3,(H,13,14)(H,15,16). The molecule has 0 bridgehead atoms. The molecule has 0 aliphatic carbocycles. The van der Waals surface area contributed by atoms with Gasteiger partial charge >= 0.3 is 6.09 Å². The summed E-state index contributed by atoms with van der Waals surface area (Å²) in [5.41, 5.74) is 0.176. The second kappa shape index (κ2) is 5.92. The molecule has 1 heterocycles. The first-order valence-electron chi connectivity index (χ1n) is 5.30. The van der Waals surface area contributed by atoms with Crippen molar-refractivity contribution in [1.82, 2.24) is 10.3 Å². The molecule has 0 fully saturated rings. The zero-order valence-corrected chi connectivity index (χ0v) is 11.3. The fourth-order valence-electron chi connectivity index (χ4n) is 1.11. The van der Waals surface area contributed by atoms with Crippen molar-refractivity contribution < 1.29 is 18.3 Å². The number of hydrogen-bond acceptors (Lipinski definition) is 4. The maximum Gasteiger partial charge on any atom is 0.407 e. The summed E-state index contributed by atoms with van der Waals surface area (Å²) in [5, 5.41) is 2.64. The molecule has 0 saturated carbocycles. The van der Waals surface area contributed by atoms with Crippen molar-refractivity contribution in [3.63, 3.8) is 0 Å². The summed E-state index contributed by atoms with van der Waals surface area (Å²) in [6.45, 7) is 5.58. The number of hydrogen-bond donors (Lipinski definition) is 2. The summed E-state index contributed by atoms with van der Waals surface area (Å²) < 4.78 is 24.5. The van der Waals surface area contributed by atoms with E-state index in [2.05, 4.69) is 10.3 Å². The van der Waals surface area contributed by atoms with Crippen LogP contribution in [0.4, 0.5) is 4.79 Å². The van der Waals surface area contributed by atoms with Crippen LogP contribution in [0.15, 0.2) is 23.4 Å². The van der Waals surface area contributed by atoms with Crippen molar-refractivity contribution in [2.24, 2.45) is 0 Å². The predicted molar refractivity (Wildman–Crippen MR) is 66.3 cm³/mol. The summed E-state index contributed by atoms with van der Waals surface area (Å²) in [5.74, 6) is 0. The Labute approximate surface area is 108 Å². The minimum Gasteiger partial charge on any atom is -0.444 e. The van der Waals surface area contributed by atoms with Gasteiger partial charge in [0.25, 0.3) is 0 Å². The number of rotatable bonds is 3. The smallest absolute Gasteiger partial charge is 0.407 e. The number of alkyl carbamates (subject to hydrolysis) is 1. The summed E-state index contributed by atoms with van der Waals surface area (Å²) in [7, 11) is 0. The first kappa shape index (κ1) is 14.6. The van der Waals surface area contributed by atoms with Crippen LogP contribution in [0.2, 0.25) is 0 Å². The van der Waals surface area contributed by atoms with E-state index in [1.165, 1.54) is 12.3 Å². The second-order valence-electron chi connectivity index (χ2n) is 4.61. The Balaban J connectivity index is 2.49. The fraction of sp³-hybridized carbons (Fsp3) is 0.455. The van der Waals surface area contributed by atoms with E-state index in [4.69, 9.17) is 9.29 Å². The normalized spacial score (nSPS) is 12.9. The van der Waals surface area contributed by atoms with Gasteiger partial charge in [-0.1, -0.05) is 6.07 Å². The van der Waals surface area contributed by atoms with Crippen molar-refractivity contribution in [1.29, 1.82) is 0 Å². The molecule has 0 aliphatic rings. The van der Waals surface area contributed by atoms with Gasteiger partial charge in [-0.05, 0) is 32.4 Å². The van der Waals surface area contributed by atoms with Crippen LogP contribution in [0.5, 0.6) is 0 Å². The predicted octanol–water partition coefficient (Wildman–Crippen LogP) is 1.69. The van der Waals surface area contributed by atoms with Crippen LogP contribution in [0, 0.1) is 0 Å². The quantitative estimate of drug-likeness (QED) is 0.817. The Kier molecular flexibility index (Phi) is 4.80. The first-order chi connectivity index (χ1) is 8.28. The van der Waals surface area contributed by atoms with Crippen LogP contribution in [0.25, 0.3) is 0 Å². The molecule has 1 unspecified atom stereocenters. The molecule has 1 aromatic rings. The first-order valence-corrected chi connectivity index (χ1v) is 6.41. The van der Waals surface area contributed by atoms with Crippen LogP contribution < -0.4 is 5.32 Å². The highest BCUT2D eigenvalue weighted by molar-refractivity contribution is 7.79. The van der Waals surface area contributed by atoms with Crippen LogP contribution >= 0.6 is 0 Å². The largest absolute Gasteiger partial charge is 0.444 e. The lowest BCUT2D eigenvalue weighted by Gasteiger charge is -2.19. The van der Waals surface area contributed by atoms with Gasteiger partial charge in [-0.25, -0.2) is 14.0 Å². The summed E-state index contributed by atoms with van der Waals surface area (Å²) in [6, 6.07) is 3.05. The highest BCUT2D eigenvalue weighted by Crippen LogP contribution is 2.07. The molecule has 1 amide bonds. The molecule has 6 nitrogen and oxygen atoms in total. The van der Waals surface area contributed by atoms with Gasteiger partial charge in [0, 0.05) is 12.7 Å². The van der Waals surface area contributed by atoms with Gasteiger partial charge in [0.05, 0.1) is 0 Å². The Bertz CT molecular complexity index is 439. The van der Waals surface area contributed by atoms with Crippen molar-refractivity contribution in [3.05, 3.63) is 23.9 Å². The molecule has 0 saturated heterocycles. The van der Waals surface area contributed by atoms with E-state index in [0.717, 1.165) is 5.56 Å². The molecular formula is C11H16N2O4S. The van der Waals surface area contributed by atoms with Crippen LogP contribution in [-0.4, -0.2) is 25.4 Å². The number of ether oxygens (including phenoxy) is 1. The minimum absolute atomic E-state index is 0.0796. The molecule has 0 aliphatic heterocycles. The van der Waals surface area contributed by atoms with Crippen LogP contribution in [0.1, 0.15) is 26.3 Å². The van der Waals surface area contributed by atoms with E-state index < -0.39 is 22.8 Å². The van der Waals surface area contributed by atoms with Gasteiger partial charge in [0.1, 0.15) is 5.60 Å². The van der Waals surface area contributed by atoms with Gasteiger partial charge in [-0.2, -0.15) is 0 Å². The topological polar surface area (TPSA) is 88.5 Å². The minimum atomic E-state index is -2.09. The molecule has 18 heavy (non-hydrogen) atoms. The molecule has 7 heteroatoms. The van der Waals surface area contributed by atoms with Gasteiger partial charge in [0.15, 0.2) is 5.03 Å². The zero-order chi connectivity index (χ0) is 13.8. The summed E-state index contributed by atoms with van der Waals surface area (Å²) >= 11 is -2.09. The number of aromatic nitrogens is 1. The van der Waals surface area contributed by atoms with Crippen molar-refractivity contribution in [2.75, 3.05) is 0 Å². The molecule has 0 radical (unpaired) electrons. The van der Waals surface area contributed by atoms with E-state index in [1.807, 2.05) is 0 Å². The van der Waals surface area contributed by atoms with Gasteiger partial charge < -0.3 is 14.6 Å². The maximum atomic E-state index is 11.4. The van der Waals surface area contributed by atoms with Gasteiger partial charge in [0.2, 0.25) is 11.1 Å². The van der Waals surface area contributed by atoms with E-state index in [0.29, 0.717) is 0 Å². The number of pyridine rings is 1. The number of nitrogens with one attached hydrogen (secondary N) is 1. The SMILES string of the molecule is CC(C)(C)OC(=O)NCc1ccc(S(=O)O)nc1. The highest BCUT2D eigenvalue weighted by Gasteiger charge is 2.15. The number of carbonyl (C=O) groups is 1. The molecule has 1 aromatic heterocycles. The molecule has 0 spiro atoms. The van der Waals surface area contributed by atoms with Crippen LogP contribution in [-0.2, 0) is 22.4 Å². The molecule has 1 rings (SSSR count). The highest BCUT2D eigenvalue weighted by atomic mass is 32.2. The van der Waals surface area contributed by atoms with Crippen molar-refractivity contribution in [3.8, 4) is 0 Å². The van der Waals surface area contributed by atoms with Gasteiger partial charge in [-0.15, -0.1) is 0 Å². The molecule has 2 N–H and O–H groups in total. The Hall–Kier alpha value is -1.47. The Morgan fingerprint density at radius 2 is 2.17 bits per heavy atom. The lowest BCUT2D eigenvalue weighted by Crippen LogP contribution is -2.32. The fourth-order valence-corrected chi connectivity index (χ4v) is 1.43. The summed E-state index contributed by atoms with van der Waals surface area (Å²) in [4.78, 5) is 15.2. The summed E-state index contributed by atoms with van der Waals surface area (Å²) in [6.07, 6.45) is 0.915. The second-order valence-corrected chi connectivity index (χ2v) is 5.53. The molecule has 1 atom stereocenters. The third-order valence-corrected chi connectivity index (χ3v) is 2.41. The molecular weight excluding hydrogens is 256 g/mol. The third-order valence-electron chi connectivity index (χ3n) is 1.81. The van der Waals surface area contributed by atoms with E-state index in [-0.39, 0.29) is 11.6 Å². The molecule has 100 valence electrons. The third kappa shape index (κ3) is 5.24. The number of amides is 1. The van der Waals surface area contributed by atoms with Crippen LogP contribution in [0.3, 0.4) is 0 Å². The number of nitrogens with zero attached hydrogens (tertiary/aromatic N) is 1. The lowest BCUT2D eigenvalue weighted by molar-refractivity contribution is 0.0523. The number of carbonyl (C=O) groups excluding carboxylic acids is 1. The average molecular weight is 272 g/mol. The van der Waals surface area contributed by atoms with E-state index in [1.54, 1.807) is 26.8 Å². The maximum absolute atomic E-state index is 11.4. The Morgan fingerprint density at radius 1 is 1.50 bits per heavy atom. The zero-order valence-electron chi connectivity index (χ0n) is 10.5. The van der Waals surface area contributed by atoms with Crippen molar-refractivity contribution in [2.45, 2.75) is 37.9 Å². The lowest BCUT2D eigenvalue weighted by atomic mass is 10.2. The van der Waals surface area contributed by atoms with E-state index >= 15 is 0 Å². The van der Waals surface area contributed by atoms with Gasteiger partial charge in [-0.3, -0.25) is 0 Å². The molecule has 0 aromatic carbocycles. The average Bonchev–Trinajstić information content (AvgIpc) is 2.24. The van der Waals surface area contributed by atoms with Crippen molar-refractivity contribution >= 4 is 17.2 Å².